The lowest BCUT2D eigenvalue weighted by molar-refractivity contribution is 0.102. The molecule has 0 bridgehead atoms. The minimum absolute atomic E-state index is 0.123. The summed E-state index contributed by atoms with van der Waals surface area (Å²) in [6, 6.07) is 11.0. The van der Waals surface area contributed by atoms with Crippen LogP contribution in [0.25, 0.3) is 5.69 Å². The van der Waals surface area contributed by atoms with Gasteiger partial charge in [-0.15, -0.1) is 0 Å². The Morgan fingerprint density at radius 3 is 2.70 bits per heavy atom. The van der Waals surface area contributed by atoms with Crippen LogP contribution in [0.2, 0.25) is 5.02 Å². The molecule has 0 atom stereocenters. The summed E-state index contributed by atoms with van der Waals surface area (Å²) in [5, 5.41) is 7.24. The molecule has 2 aromatic heterocycles. The maximum absolute atomic E-state index is 12.1. The number of nitrogens with one attached hydrogen (secondary N) is 1. The van der Waals surface area contributed by atoms with Crippen molar-refractivity contribution in [3.63, 3.8) is 0 Å². The summed E-state index contributed by atoms with van der Waals surface area (Å²) in [6.07, 6.45) is 3.82. The number of rotatable bonds is 3. The molecule has 0 fully saturated rings. The number of carbonyl (C=O) groups excluding carboxylic acids is 1. The number of nitrogens with zero attached hydrogens (tertiary/aromatic N) is 1. The molecular weight excluding hydrogens is 292 g/mol. The standard InChI is InChI=1S/C15H11ClN2OS/c16-12-3-4-13(14(9-12)18-6-1-2-7-18)17-15(19)11-5-8-20-10-11/h1-10H,(H,17,19). The zero-order valence-corrected chi connectivity index (χ0v) is 12.0. The number of amides is 1. The molecule has 0 radical (unpaired) electrons. The van der Waals surface area contributed by atoms with E-state index >= 15 is 0 Å². The van der Waals surface area contributed by atoms with Crippen molar-refractivity contribution in [3.8, 4) is 5.69 Å². The van der Waals surface area contributed by atoms with Crippen LogP contribution >= 0.6 is 22.9 Å². The van der Waals surface area contributed by atoms with E-state index in [2.05, 4.69) is 5.32 Å². The maximum atomic E-state index is 12.1. The molecule has 100 valence electrons. The van der Waals surface area contributed by atoms with Crippen LogP contribution in [0.4, 0.5) is 5.69 Å². The van der Waals surface area contributed by atoms with Gasteiger partial charge in [0.05, 0.1) is 16.9 Å². The maximum Gasteiger partial charge on any atom is 0.256 e. The van der Waals surface area contributed by atoms with Crippen molar-refractivity contribution in [2.45, 2.75) is 0 Å². The summed E-state index contributed by atoms with van der Waals surface area (Å²) in [6.45, 7) is 0. The molecule has 0 aliphatic heterocycles. The van der Waals surface area contributed by atoms with Crippen LogP contribution < -0.4 is 5.32 Å². The second-order valence-electron chi connectivity index (χ2n) is 4.22. The van der Waals surface area contributed by atoms with Crippen LogP contribution in [-0.2, 0) is 0 Å². The summed E-state index contributed by atoms with van der Waals surface area (Å²) >= 11 is 7.54. The van der Waals surface area contributed by atoms with E-state index in [0.717, 1.165) is 11.4 Å². The third kappa shape index (κ3) is 2.61. The van der Waals surface area contributed by atoms with Crippen LogP contribution in [0.1, 0.15) is 10.4 Å². The van der Waals surface area contributed by atoms with Gasteiger partial charge in [-0.3, -0.25) is 4.79 Å². The molecule has 0 aliphatic carbocycles. The van der Waals surface area contributed by atoms with Crippen molar-refractivity contribution in [1.82, 2.24) is 4.57 Å². The van der Waals surface area contributed by atoms with Crippen LogP contribution in [-0.4, -0.2) is 10.5 Å². The van der Waals surface area contributed by atoms with Gasteiger partial charge in [0, 0.05) is 22.8 Å². The summed E-state index contributed by atoms with van der Waals surface area (Å²) in [4.78, 5) is 12.1. The largest absolute Gasteiger partial charge is 0.322 e. The van der Waals surface area contributed by atoms with Crippen LogP contribution in [0.15, 0.2) is 59.6 Å². The van der Waals surface area contributed by atoms with Gasteiger partial charge in [-0.05, 0) is 41.8 Å². The van der Waals surface area contributed by atoms with Gasteiger partial charge in [-0.25, -0.2) is 0 Å². The molecule has 1 aromatic carbocycles. The molecule has 3 aromatic rings. The first-order valence-corrected chi connectivity index (χ1v) is 7.32. The topological polar surface area (TPSA) is 34.0 Å². The predicted molar refractivity (Wildman–Crippen MR) is 83.1 cm³/mol. The number of benzene rings is 1. The Hall–Kier alpha value is -2.04. The van der Waals surface area contributed by atoms with E-state index in [4.69, 9.17) is 11.6 Å². The van der Waals surface area contributed by atoms with Gasteiger partial charge in [-0.1, -0.05) is 11.6 Å². The number of hydrogen-bond acceptors (Lipinski definition) is 2. The van der Waals surface area contributed by atoms with E-state index in [9.17, 15) is 4.79 Å². The summed E-state index contributed by atoms with van der Waals surface area (Å²) < 4.78 is 1.91. The minimum atomic E-state index is -0.123. The summed E-state index contributed by atoms with van der Waals surface area (Å²) in [5.74, 6) is -0.123. The van der Waals surface area contributed by atoms with E-state index in [0.29, 0.717) is 10.6 Å². The van der Waals surface area contributed by atoms with Gasteiger partial charge >= 0.3 is 0 Å². The molecule has 0 spiro atoms. The van der Waals surface area contributed by atoms with E-state index in [1.165, 1.54) is 11.3 Å². The Balaban J connectivity index is 1.96. The average molecular weight is 303 g/mol. The Morgan fingerprint density at radius 2 is 2.00 bits per heavy atom. The highest BCUT2D eigenvalue weighted by atomic mass is 35.5. The smallest absolute Gasteiger partial charge is 0.256 e. The number of halogens is 1. The summed E-state index contributed by atoms with van der Waals surface area (Å²) in [5.41, 5.74) is 2.22. The number of hydrogen-bond donors (Lipinski definition) is 1. The zero-order chi connectivity index (χ0) is 13.9. The van der Waals surface area contributed by atoms with Crippen molar-refractivity contribution < 1.29 is 4.79 Å². The van der Waals surface area contributed by atoms with Crippen molar-refractivity contribution in [2.24, 2.45) is 0 Å². The third-order valence-corrected chi connectivity index (χ3v) is 3.79. The number of carbonyl (C=O) groups is 1. The minimum Gasteiger partial charge on any atom is -0.322 e. The van der Waals surface area contributed by atoms with Gasteiger partial charge in [0.15, 0.2) is 0 Å². The lowest BCUT2D eigenvalue weighted by Crippen LogP contribution is -2.12. The molecule has 1 N–H and O–H groups in total. The predicted octanol–water partition coefficient (Wildman–Crippen LogP) is 4.44. The Bertz CT molecular complexity index is 720. The van der Waals surface area contributed by atoms with Gasteiger partial charge in [0.1, 0.15) is 0 Å². The van der Waals surface area contributed by atoms with Gasteiger partial charge in [-0.2, -0.15) is 11.3 Å². The number of aromatic nitrogens is 1. The Kier molecular flexibility index (Phi) is 3.58. The molecule has 5 heteroatoms. The third-order valence-electron chi connectivity index (χ3n) is 2.87. The van der Waals surface area contributed by atoms with Crippen molar-refractivity contribution in [3.05, 3.63) is 70.1 Å². The molecule has 0 unspecified atom stereocenters. The molecule has 3 rings (SSSR count). The highest BCUT2D eigenvalue weighted by molar-refractivity contribution is 7.08. The molecule has 0 aliphatic rings. The van der Waals surface area contributed by atoms with Gasteiger partial charge in [0.25, 0.3) is 5.91 Å². The zero-order valence-electron chi connectivity index (χ0n) is 10.4. The fourth-order valence-electron chi connectivity index (χ4n) is 1.91. The average Bonchev–Trinajstić information content (AvgIpc) is 3.13. The number of anilines is 1. The second kappa shape index (κ2) is 5.53. The monoisotopic (exact) mass is 302 g/mol. The van der Waals surface area contributed by atoms with Crippen LogP contribution in [0.3, 0.4) is 0 Å². The van der Waals surface area contributed by atoms with Crippen molar-refractivity contribution in [2.75, 3.05) is 5.32 Å². The van der Waals surface area contributed by atoms with E-state index in [1.54, 1.807) is 12.1 Å². The molecule has 3 nitrogen and oxygen atoms in total. The lowest BCUT2D eigenvalue weighted by atomic mass is 10.2. The second-order valence-corrected chi connectivity index (χ2v) is 5.43. The molecule has 0 saturated heterocycles. The van der Waals surface area contributed by atoms with Crippen molar-refractivity contribution >= 4 is 34.5 Å². The highest BCUT2D eigenvalue weighted by Crippen LogP contribution is 2.25. The van der Waals surface area contributed by atoms with Crippen LogP contribution in [0.5, 0.6) is 0 Å². The molecule has 20 heavy (non-hydrogen) atoms. The first-order chi connectivity index (χ1) is 9.74. The van der Waals surface area contributed by atoms with Gasteiger partial charge < -0.3 is 9.88 Å². The lowest BCUT2D eigenvalue weighted by Gasteiger charge is -2.12. The van der Waals surface area contributed by atoms with E-state index in [1.807, 2.05) is 52.0 Å². The highest BCUT2D eigenvalue weighted by Gasteiger charge is 2.10. The molecule has 0 saturated carbocycles. The molecular formula is C15H11ClN2OS. The molecule has 1 amide bonds. The number of thiophene rings is 1. The Labute approximate surface area is 125 Å². The van der Waals surface area contributed by atoms with Gasteiger partial charge in [0.2, 0.25) is 0 Å². The first kappa shape index (κ1) is 13.0. The summed E-state index contributed by atoms with van der Waals surface area (Å²) in [7, 11) is 0. The van der Waals surface area contributed by atoms with Crippen molar-refractivity contribution in [1.29, 1.82) is 0 Å². The molecule has 2 heterocycles. The first-order valence-electron chi connectivity index (χ1n) is 6.00. The SMILES string of the molecule is O=C(Nc1ccc(Cl)cc1-n1cccc1)c1ccsc1. The quantitative estimate of drug-likeness (QED) is 0.762. The normalized spacial score (nSPS) is 10.4. The van der Waals surface area contributed by atoms with E-state index in [-0.39, 0.29) is 5.91 Å². The van der Waals surface area contributed by atoms with Crippen LogP contribution in [0, 0.1) is 0 Å². The fourth-order valence-corrected chi connectivity index (χ4v) is 2.71. The Morgan fingerprint density at radius 1 is 1.20 bits per heavy atom. The fraction of sp³-hybridized carbons (Fsp3) is 0. The van der Waals surface area contributed by atoms with E-state index < -0.39 is 0 Å².